The van der Waals surface area contributed by atoms with Crippen molar-refractivity contribution >= 4 is 34.4 Å². The van der Waals surface area contributed by atoms with E-state index in [4.69, 9.17) is 5.11 Å². The van der Waals surface area contributed by atoms with Gasteiger partial charge in [-0.15, -0.1) is 0 Å². The maximum Gasteiger partial charge on any atom is 0.421 e. The molecule has 7 nitrogen and oxygen atoms in total. The number of anilines is 2. The first-order chi connectivity index (χ1) is 13.1. The maximum atomic E-state index is 12.6. The zero-order valence-corrected chi connectivity index (χ0v) is 14.1. The van der Waals surface area contributed by atoms with Gasteiger partial charge >= 0.3 is 12.3 Å². The van der Waals surface area contributed by atoms with Crippen molar-refractivity contribution in [2.24, 2.45) is 0 Å². The van der Waals surface area contributed by atoms with Crippen LogP contribution in [0.4, 0.5) is 29.3 Å². The van der Waals surface area contributed by atoms with Crippen molar-refractivity contribution in [1.82, 2.24) is 9.97 Å². The van der Waals surface area contributed by atoms with E-state index in [1.807, 2.05) is 0 Å². The number of aromatic nitrogens is 2. The van der Waals surface area contributed by atoms with Gasteiger partial charge in [0.15, 0.2) is 0 Å². The molecule has 0 fully saturated rings. The minimum Gasteiger partial charge on any atom is -0.465 e. The number of carbonyl (C=O) groups excluding carboxylic acids is 1. The maximum absolute atomic E-state index is 12.6. The Morgan fingerprint density at radius 2 is 1.89 bits per heavy atom. The monoisotopic (exact) mass is 390 g/mol. The molecule has 0 aliphatic carbocycles. The van der Waals surface area contributed by atoms with E-state index in [9.17, 15) is 22.8 Å². The SMILES string of the molecule is C=C(C(=O)Nc1cccc(-c2c[nH]c3ncc(NC(=O)O)cc23)c1)C(F)(F)F. The van der Waals surface area contributed by atoms with Crippen molar-refractivity contribution in [3.8, 4) is 11.1 Å². The van der Waals surface area contributed by atoms with Crippen LogP contribution >= 0.6 is 0 Å². The predicted molar refractivity (Wildman–Crippen MR) is 97.0 cm³/mol. The van der Waals surface area contributed by atoms with E-state index in [1.54, 1.807) is 24.4 Å². The van der Waals surface area contributed by atoms with E-state index in [2.05, 4.69) is 27.2 Å². The minimum atomic E-state index is -4.82. The van der Waals surface area contributed by atoms with Crippen LogP contribution in [-0.2, 0) is 4.79 Å². The van der Waals surface area contributed by atoms with Gasteiger partial charge < -0.3 is 15.4 Å². The Bertz CT molecular complexity index is 1090. The summed E-state index contributed by atoms with van der Waals surface area (Å²) in [6.45, 7) is 2.76. The van der Waals surface area contributed by atoms with Gasteiger partial charge in [0.05, 0.1) is 11.9 Å². The zero-order valence-electron chi connectivity index (χ0n) is 14.1. The molecule has 4 N–H and O–H groups in total. The second kappa shape index (κ2) is 7.06. The Labute approximate surface area is 155 Å². The Kier molecular flexibility index (Phi) is 4.78. The lowest BCUT2D eigenvalue weighted by atomic mass is 10.0. The summed E-state index contributed by atoms with van der Waals surface area (Å²) in [6.07, 6.45) is -3.10. The lowest BCUT2D eigenvalue weighted by molar-refractivity contribution is -0.126. The summed E-state index contributed by atoms with van der Waals surface area (Å²) in [5.74, 6) is -1.35. The van der Waals surface area contributed by atoms with E-state index in [1.165, 1.54) is 18.3 Å². The fourth-order valence-corrected chi connectivity index (χ4v) is 2.53. The topological polar surface area (TPSA) is 107 Å². The Morgan fingerprint density at radius 1 is 1.14 bits per heavy atom. The summed E-state index contributed by atoms with van der Waals surface area (Å²) in [5.41, 5.74) is 0.601. The molecule has 144 valence electrons. The van der Waals surface area contributed by atoms with E-state index in [-0.39, 0.29) is 11.4 Å². The van der Waals surface area contributed by atoms with Gasteiger partial charge in [-0.3, -0.25) is 10.1 Å². The number of benzene rings is 1. The largest absolute Gasteiger partial charge is 0.465 e. The van der Waals surface area contributed by atoms with Crippen LogP contribution < -0.4 is 10.6 Å². The van der Waals surface area contributed by atoms with Gasteiger partial charge in [0, 0.05) is 22.8 Å². The van der Waals surface area contributed by atoms with Crippen LogP contribution in [0.15, 0.2) is 54.9 Å². The number of carbonyl (C=O) groups is 2. The third kappa shape index (κ3) is 3.95. The van der Waals surface area contributed by atoms with Gasteiger partial charge in [0.25, 0.3) is 5.91 Å². The molecule has 0 radical (unpaired) electrons. The van der Waals surface area contributed by atoms with E-state index >= 15 is 0 Å². The molecular weight excluding hydrogens is 377 g/mol. The molecule has 2 heterocycles. The third-order valence-electron chi connectivity index (χ3n) is 3.83. The molecule has 3 rings (SSSR count). The lowest BCUT2D eigenvalue weighted by Crippen LogP contribution is -2.24. The Hall–Kier alpha value is -3.82. The fourth-order valence-electron chi connectivity index (χ4n) is 2.53. The molecular formula is C18H13F3N4O3. The number of aromatic amines is 1. The zero-order chi connectivity index (χ0) is 20.5. The first-order valence-electron chi connectivity index (χ1n) is 7.80. The summed E-state index contributed by atoms with van der Waals surface area (Å²) in [7, 11) is 0. The molecule has 3 aromatic rings. The third-order valence-corrected chi connectivity index (χ3v) is 3.83. The molecule has 0 atom stereocenters. The first-order valence-corrected chi connectivity index (χ1v) is 7.80. The van der Waals surface area contributed by atoms with Crippen LogP contribution in [0, 0.1) is 0 Å². The number of carboxylic acid groups (broad SMARTS) is 1. The number of amides is 2. The van der Waals surface area contributed by atoms with Crippen LogP contribution in [0.5, 0.6) is 0 Å². The molecule has 2 aromatic heterocycles. The molecule has 0 aliphatic heterocycles. The van der Waals surface area contributed by atoms with Crippen molar-refractivity contribution in [1.29, 1.82) is 0 Å². The molecule has 2 amide bonds. The molecule has 28 heavy (non-hydrogen) atoms. The van der Waals surface area contributed by atoms with Crippen molar-refractivity contribution < 1.29 is 27.9 Å². The number of pyridine rings is 1. The summed E-state index contributed by atoms with van der Waals surface area (Å²) in [5, 5.41) is 13.8. The number of nitrogens with zero attached hydrogens (tertiary/aromatic N) is 1. The standard InChI is InChI=1S/C18H13F3N4O3/c1-9(18(19,20)21)16(26)24-11-4-2-3-10(5-11)14-8-23-15-13(14)6-12(7-22-15)25-17(27)28/h2-8,25H,1H2,(H,22,23)(H,24,26)(H,27,28). The Balaban J connectivity index is 1.93. The quantitative estimate of drug-likeness (QED) is 0.496. The van der Waals surface area contributed by atoms with Gasteiger partial charge in [0.1, 0.15) is 11.2 Å². The molecule has 0 aliphatic rings. The molecule has 0 unspecified atom stereocenters. The smallest absolute Gasteiger partial charge is 0.421 e. The Morgan fingerprint density at radius 3 is 2.57 bits per heavy atom. The van der Waals surface area contributed by atoms with Crippen LogP contribution in [0.25, 0.3) is 22.2 Å². The molecule has 0 saturated carbocycles. The average Bonchev–Trinajstić information content (AvgIpc) is 3.03. The van der Waals surface area contributed by atoms with E-state index in [0.717, 1.165) is 0 Å². The van der Waals surface area contributed by atoms with Gasteiger partial charge in [0.2, 0.25) is 0 Å². The molecule has 0 spiro atoms. The predicted octanol–water partition coefficient (Wildman–Crippen LogP) is 4.38. The number of nitrogens with one attached hydrogen (secondary N) is 3. The van der Waals surface area contributed by atoms with Gasteiger partial charge in [-0.25, -0.2) is 9.78 Å². The second-order valence-corrected chi connectivity index (χ2v) is 5.76. The van der Waals surface area contributed by atoms with Crippen molar-refractivity contribution in [2.75, 3.05) is 10.6 Å². The van der Waals surface area contributed by atoms with Crippen LogP contribution in [0.3, 0.4) is 0 Å². The normalized spacial score (nSPS) is 11.2. The number of hydrogen-bond donors (Lipinski definition) is 4. The van der Waals surface area contributed by atoms with E-state index < -0.39 is 23.7 Å². The molecule has 0 bridgehead atoms. The number of H-pyrrole nitrogens is 1. The van der Waals surface area contributed by atoms with Crippen LogP contribution in [0.1, 0.15) is 0 Å². The first kappa shape index (κ1) is 19.0. The molecule has 10 heteroatoms. The fraction of sp³-hybridized carbons (Fsp3) is 0.0556. The number of alkyl halides is 3. The highest BCUT2D eigenvalue weighted by molar-refractivity contribution is 6.05. The molecule has 1 aromatic carbocycles. The van der Waals surface area contributed by atoms with Crippen LogP contribution in [0.2, 0.25) is 0 Å². The highest BCUT2D eigenvalue weighted by Gasteiger charge is 2.36. The van der Waals surface area contributed by atoms with Crippen molar-refractivity contribution in [3.63, 3.8) is 0 Å². The summed E-state index contributed by atoms with van der Waals surface area (Å²) >= 11 is 0. The number of halogens is 3. The van der Waals surface area contributed by atoms with Crippen molar-refractivity contribution in [3.05, 3.63) is 54.9 Å². The summed E-state index contributed by atoms with van der Waals surface area (Å²) < 4.78 is 37.8. The van der Waals surface area contributed by atoms with Crippen LogP contribution in [-0.4, -0.2) is 33.3 Å². The molecule has 0 saturated heterocycles. The highest BCUT2D eigenvalue weighted by Crippen LogP contribution is 2.31. The van der Waals surface area contributed by atoms with E-state index in [0.29, 0.717) is 22.2 Å². The number of fused-ring (bicyclic) bond motifs is 1. The summed E-state index contributed by atoms with van der Waals surface area (Å²) in [4.78, 5) is 29.5. The lowest BCUT2D eigenvalue weighted by Gasteiger charge is -2.11. The van der Waals surface area contributed by atoms with Crippen molar-refractivity contribution in [2.45, 2.75) is 6.18 Å². The number of rotatable bonds is 4. The van der Waals surface area contributed by atoms with Gasteiger partial charge in [-0.05, 0) is 23.8 Å². The minimum absolute atomic E-state index is 0.148. The summed E-state index contributed by atoms with van der Waals surface area (Å²) in [6, 6.07) is 7.75. The second-order valence-electron chi connectivity index (χ2n) is 5.76. The highest BCUT2D eigenvalue weighted by atomic mass is 19.4. The average molecular weight is 390 g/mol. The number of hydrogen-bond acceptors (Lipinski definition) is 3. The van der Waals surface area contributed by atoms with Gasteiger partial charge in [-0.2, -0.15) is 13.2 Å². The van der Waals surface area contributed by atoms with Gasteiger partial charge in [-0.1, -0.05) is 18.7 Å².